The predicted octanol–water partition coefficient (Wildman–Crippen LogP) is 2.06. The van der Waals surface area contributed by atoms with E-state index >= 15 is 0 Å². The molecule has 3 heterocycles. The summed E-state index contributed by atoms with van der Waals surface area (Å²) in [5.41, 5.74) is 1.66. The second-order valence-corrected chi connectivity index (χ2v) is 8.38. The predicted molar refractivity (Wildman–Crippen MR) is 118 cm³/mol. The molecule has 0 spiro atoms. The van der Waals surface area contributed by atoms with E-state index in [4.69, 9.17) is 9.15 Å². The molecule has 1 fully saturated rings. The third-order valence-corrected chi connectivity index (χ3v) is 6.03. The molecule has 1 aliphatic heterocycles. The molecule has 33 heavy (non-hydrogen) atoms. The molecule has 3 aromatic rings. The van der Waals surface area contributed by atoms with Crippen molar-refractivity contribution in [3.05, 3.63) is 48.0 Å². The van der Waals surface area contributed by atoms with Crippen LogP contribution < -0.4 is 0 Å². The van der Waals surface area contributed by atoms with Crippen LogP contribution in [-0.2, 0) is 20.9 Å². The monoisotopic (exact) mass is 453 g/mol. The molecule has 0 saturated carbocycles. The van der Waals surface area contributed by atoms with E-state index in [1.807, 2.05) is 18.2 Å². The first kappa shape index (κ1) is 22.5. The van der Waals surface area contributed by atoms with Crippen LogP contribution >= 0.6 is 0 Å². The molecular formula is C23H27N5O5. The van der Waals surface area contributed by atoms with Crippen LogP contribution in [0.25, 0.3) is 11.0 Å². The standard InChI is InChI=1S/C23H27N5O5/c1-26(2)22(30)20-13-17-12-15(5-7-19(17)33-20)16-4-6-18(23(31)32-3)28(14-16)21(29)8-10-27-11-9-24-25-27/h5,7,9,11-13,16,18H,4,6,8,10,14H2,1-3H3/t16-,18+/m1/s1. The average molecular weight is 453 g/mol. The average Bonchev–Trinajstić information content (AvgIpc) is 3.50. The quantitative estimate of drug-likeness (QED) is 0.525. The molecule has 4 rings (SSSR count). The lowest BCUT2D eigenvalue weighted by molar-refractivity contribution is -0.155. The highest BCUT2D eigenvalue weighted by Gasteiger charge is 2.37. The van der Waals surface area contributed by atoms with E-state index in [9.17, 15) is 14.4 Å². The van der Waals surface area contributed by atoms with E-state index in [2.05, 4.69) is 10.3 Å². The highest BCUT2D eigenvalue weighted by Crippen LogP contribution is 2.33. The topological polar surface area (TPSA) is 111 Å². The van der Waals surface area contributed by atoms with E-state index in [0.29, 0.717) is 25.1 Å². The summed E-state index contributed by atoms with van der Waals surface area (Å²) in [6.45, 7) is 0.792. The number of nitrogens with zero attached hydrogens (tertiary/aromatic N) is 5. The van der Waals surface area contributed by atoms with Crippen LogP contribution in [0.4, 0.5) is 0 Å². The Labute approximate surface area is 191 Å². The van der Waals surface area contributed by atoms with Crippen molar-refractivity contribution in [1.29, 1.82) is 0 Å². The summed E-state index contributed by atoms with van der Waals surface area (Å²) in [4.78, 5) is 40.7. The summed E-state index contributed by atoms with van der Waals surface area (Å²) < 4.78 is 12.2. The first-order chi connectivity index (χ1) is 15.9. The number of carbonyl (C=O) groups is 3. The van der Waals surface area contributed by atoms with Gasteiger partial charge in [-0.2, -0.15) is 0 Å². The van der Waals surface area contributed by atoms with Crippen molar-refractivity contribution < 1.29 is 23.5 Å². The number of amides is 2. The minimum Gasteiger partial charge on any atom is -0.467 e. The van der Waals surface area contributed by atoms with Crippen LogP contribution in [0.5, 0.6) is 0 Å². The number of hydrogen-bond acceptors (Lipinski definition) is 7. The lowest BCUT2D eigenvalue weighted by atomic mass is 9.86. The van der Waals surface area contributed by atoms with Gasteiger partial charge < -0.3 is 19.0 Å². The van der Waals surface area contributed by atoms with Gasteiger partial charge in [-0.1, -0.05) is 11.3 Å². The van der Waals surface area contributed by atoms with Crippen molar-refractivity contribution in [2.75, 3.05) is 27.7 Å². The molecular weight excluding hydrogens is 426 g/mol. The van der Waals surface area contributed by atoms with Crippen molar-refractivity contribution in [3.8, 4) is 0 Å². The molecule has 1 saturated heterocycles. The fourth-order valence-electron chi connectivity index (χ4n) is 4.25. The molecule has 1 aromatic carbocycles. The Balaban J connectivity index is 1.54. The van der Waals surface area contributed by atoms with Gasteiger partial charge in [0.1, 0.15) is 11.6 Å². The first-order valence-electron chi connectivity index (χ1n) is 10.8. The van der Waals surface area contributed by atoms with Gasteiger partial charge in [0.15, 0.2) is 5.76 Å². The van der Waals surface area contributed by atoms with Gasteiger partial charge in [-0.3, -0.25) is 14.3 Å². The normalized spacial score (nSPS) is 18.3. The molecule has 174 valence electrons. The zero-order chi connectivity index (χ0) is 23.5. The summed E-state index contributed by atoms with van der Waals surface area (Å²) in [6.07, 6.45) is 4.71. The van der Waals surface area contributed by atoms with Gasteiger partial charge in [0.2, 0.25) is 5.91 Å². The third-order valence-electron chi connectivity index (χ3n) is 6.03. The molecule has 0 N–H and O–H groups in total. The maximum absolute atomic E-state index is 13.1. The number of esters is 1. The summed E-state index contributed by atoms with van der Waals surface area (Å²) in [7, 11) is 4.69. The van der Waals surface area contributed by atoms with Gasteiger partial charge in [-0.25, -0.2) is 4.79 Å². The molecule has 0 aliphatic carbocycles. The molecule has 10 heteroatoms. The molecule has 1 aliphatic rings. The number of carbonyl (C=O) groups excluding carboxylic acids is 3. The van der Waals surface area contributed by atoms with Crippen molar-refractivity contribution in [1.82, 2.24) is 24.8 Å². The van der Waals surface area contributed by atoms with Gasteiger partial charge >= 0.3 is 5.97 Å². The van der Waals surface area contributed by atoms with Gasteiger partial charge in [0.05, 0.1) is 19.9 Å². The fraction of sp³-hybridized carbons (Fsp3) is 0.435. The Bertz CT molecular complexity index is 1150. The van der Waals surface area contributed by atoms with Gasteiger partial charge in [0.25, 0.3) is 5.91 Å². The Morgan fingerprint density at radius 3 is 2.73 bits per heavy atom. The Morgan fingerprint density at radius 2 is 2.03 bits per heavy atom. The number of benzene rings is 1. The minimum absolute atomic E-state index is 0.0496. The molecule has 0 unspecified atom stereocenters. The van der Waals surface area contributed by atoms with E-state index < -0.39 is 12.0 Å². The number of likely N-dealkylation sites (tertiary alicyclic amines) is 1. The second kappa shape index (κ2) is 9.43. The maximum atomic E-state index is 13.1. The Hall–Kier alpha value is -3.69. The summed E-state index contributed by atoms with van der Waals surface area (Å²) >= 11 is 0. The number of aromatic nitrogens is 3. The number of furan rings is 1. The van der Waals surface area contributed by atoms with E-state index in [-0.39, 0.29) is 29.9 Å². The van der Waals surface area contributed by atoms with Gasteiger partial charge in [-0.15, -0.1) is 5.10 Å². The second-order valence-electron chi connectivity index (χ2n) is 8.38. The molecule has 0 radical (unpaired) electrons. The fourth-order valence-corrected chi connectivity index (χ4v) is 4.25. The van der Waals surface area contributed by atoms with E-state index in [1.165, 1.54) is 12.0 Å². The summed E-state index contributed by atoms with van der Waals surface area (Å²) in [5.74, 6) is -0.399. The molecule has 2 amide bonds. The number of piperidine rings is 1. The first-order valence-corrected chi connectivity index (χ1v) is 10.8. The lowest BCUT2D eigenvalue weighted by Gasteiger charge is -2.38. The number of methoxy groups -OCH3 is 1. The van der Waals surface area contributed by atoms with E-state index in [0.717, 1.165) is 17.4 Å². The number of fused-ring (bicyclic) bond motifs is 1. The number of aryl methyl sites for hydroxylation is 1. The van der Waals surface area contributed by atoms with Crippen molar-refractivity contribution in [2.45, 2.75) is 37.8 Å². The molecule has 10 nitrogen and oxygen atoms in total. The van der Waals surface area contributed by atoms with Crippen LogP contribution in [-0.4, -0.2) is 76.4 Å². The SMILES string of the molecule is COC(=O)[C@@H]1CC[C@@H](c2ccc3oc(C(=O)N(C)C)cc3c2)CN1C(=O)CCn1ccnn1. The maximum Gasteiger partial charge on any atom is 0.328 e. The van der Waals surface area contributed by atoms with Crippen molar-refractivity contribution >= 4 is 28.8 Å². The number of rotatable bonds is 6. The van der Waals surface area contributed by atoms with Crippen LogP contribution in [0.2, 0.25) is 0 Å². The highest BCUT2D eigenvalue weighted by molar-refractivity contribution is 5.96. The third kappa shape index (κ3) is 4.74. The zero-order valence-corrected chi connectivity index (χ0v) is 18.9. The smallest absolute Gasteiger partial charge is 0.328 e. The largest absolute Gasteiger partial charge is 0.467 e. The molecule has 2 atom stereocenters. The van der Waals surface area contributed by atoms with E-state index in [1.54, 1.807) is 42.1 Å². The molecule has 2 aromatic heterocycles. The minimum atomic E-state index is -0.600. The van der Waals surface area contributed by atoms with Gasteiger partial charge in [-0.05, 0) is 36.6 Å². The summed E-state index contributed by atoms with van der Waals surface area (Å²) in [5, 5.41) is 8.47. The van der Waals surface area contributed by atoms with Crippen LogP contribution in [0, 0.1) is 0 Å². The number of ether oxygens (including phenoxy) is 1. The number of hydrogen-bond donors (Lipinski definition) is 0. The highest BCUT2D eigenvalue weighted by atomic mass is 16.5. The summed E-state index contributed by atoms with van der Waals surface area (Å²) in [6, 6.07) is 6.93. The molecule has 0 bridgehead atoms. The van der Waals surface area contributed by atoms with Crippen LogP contribution in [0.1, 0.15) is 41.3 Å². The Kier molecular flexibility index (Phi) is 6.43. The van der Waals surface area contributed by atoms with Crippen LogP contribution in [0.15, 0.2) is 41.1 Å². The lowest BCUT2D eigenvalue weighted by Crippen LogP contribution is -2.50. The zero-order valence-electron chi connectivity index (χ0n) is 18.9. The van der Waals surface area contributed by atoms with Crippen LogP contribution in [0.3, 0.4) is 0 Å². The Morgan fingerprint density at radius 1 is 1.21 bits per heavy atom. The van der Waals surface area contributed by atoms with Gasteiger partial charge in [0, 0.05) is 44.6 Å². The van der Waals surface area contributed by atoms with Crippen molar-refractivity contribution in [2.24, 2.45) is 0 Å². The van der Waals surface area contributed by atoms with Crippen molar-refractivity contribution in [3.63, 3.8) is 0 Å².